The zero-order valence-corrected chi connectivity index (χ0v) is 16.9. The molecule has 0 unspecified atom stereocenters. The predicted octanol–water partition coefficient (Wildman–Crippen LogP) is 1.18. The third kappa shape index (κ3) is 7.75. The van der Waals surface area contributed by atoms with E-state index in [1.165, 1.54) is 0 Å². The fraction of sp³-hybridized carbons (Fsp3) is 0.529. The molecule has 0 bridgehead atoms. The second-order valence-corrected chi connectivity index (χ2v) is 7.86. The van der Waals surface area contributed by atoms with Gasteiger partial charge in [-0.05, 0) is 24.0 Å². The lowest BCUT2D eigenvalue weighted by atomic mass is 9.85. The van der Waals surface area contributed by atoms with Crippen molar-refractivity contribution in [3.63, 3.8) is 0 Å². The summed E-state index contributed by atoms with van der Waals surface area (Å²) in [5.74, 6) is -1.44. The monoisotopic (exact) mass is 438 g/mol. The van der Waals surface area contributed by atoms with E-state index >= 15 is 0 Å². The Morgan fingerprint density at radius 2 is 1.47 bits per heavy atom. The molecule has 0 aliphatic heterocycles. The number of ether oxygens (including phenoxy) is 2. The Hall–Kier alpha value is -1.88. The van der Waals surface area contributed by atoms with Gasteiger partial charge in [0.05, 0.1) is 23.5 Å². The molecular formula is C17H19B3F2O7S. The van der Waals surface area contributed by atoms with Crippen LogP contribution in [0, 0.1) is 0 Å². The molecule has 1 aromatic rings. The minimum atomic E-state index is -5.68. The first-order valence-corrected chi connectivity index (χ1v) is 10.3. The van der Waals surface area contributed by atoms with Gasteiger partial charge in [0, 0.05) is 12.8 Å². The zero-order valence-electron chi connectivity index (χ0n) is 16.1. The summed E-state index contributed by atoms with van der Waals surface area (Å²) in [6, 6.07) is 3.42. The van der Waals surface area contributed by atoms with E-state index in [-0.39, 0.29) is 50.4 Å². The number of carbonyl (C=O) groups excluding carboxylic acids is 2. The van der Waals surface area contributed by atoms with E-state index in [1.54, 1.807) is 12.1 Å². The summed E-state index contributed by atoms with van der Waals surface area (Å²) in [5.41, 5.74) is 1.92. The van der Waals surface area contributed by atoms with E-state index < -0.39 is 33.9 Å². The standard InChI is InChI=1S/C17H19B3F2O7S/c18-7-11-5-12(8-19)16(13(6-11)9-20)29-15(24)4-2-1-3-14(23)28-10-17(21,22)30(25,26)27/h5-6H,1-4,7-10H2,(H,25,26,27). The molecule has 1 aromatic carbocycles. The first kappa shape index (κ1) is 26.2. The van der Waals surface area contributed by atoms with Crippen LogP contribution in [0.5, 0.6) is 5.75 Å². The fourth-order valence-corrected chi connectivity index (χ4v) is 2.60. The minimum absolute atomic E-state index is 0.0822. The molecule has 13 heteroatoms. The van der Waals surface area contributed by atoms with E-state index in [9.17, 15) is 26.8 Å². The molecule has 1 N–H and O–H groups in total. The summed E-state index contributed by atoms with van der Waals surface area (Å²) in [4.78, 5) is 23.5. The van der Waals surface area contributed by atoms with Gasteiger partial charge in [0.1, 0.15) is 5.75 Å². The Kier molecular flexibility index (Phi) is 10.0. The highest BCUT2D eigenvalue weighted by Gasteiger charge is 2.45. The molecule has 158 valence electrons. The van der Waals surface area contributed by atoms with E-state index in [1.807, 2.05) is 0 Å². The largest absolute Gasteiger partial charge is 0.458 e. The van der Waals surface area contributed by atoms with Crippen molar-refractivity contribution in [2.24, 2.45) is 0 Å². The summed E-state index contributed by atoms with van der Waals surface area (Å²) in [6.07, 6.45) is 0.334. The first-order chi connectivity index (χ1) is 13.9. The molecule has 0 aliphatic carbocycles. The van der Waals surface area contributed by atoms with Gasteiger partial charge in [-0.3, -0.25) is 14.1 Å². The van der Waals surface area contributed by atoms with E-state index in [2.05, 4.69) is 4.74 Å². The summed E-state index contributed by atoms with van der Waals surface area (Å²) in [6.45, 7) is -1.80. The van der Waals surface area contributed by atoms with E-state index in [0.29, 0.717) is 11.1 Å². The summed E-state index contributed by atoms with van der Waals surface area (Å²) in [5, 5.41) is -4.59. The van der Waals surface area contributed by atoms with Crippen molar-refractivity contribution in [1.82, 2.24) is 0 Å². The lowest BCUT2D eigenvalue weighted by Crippen LogP contribution is -2.34. The third-order valence-corrected chi connectivity index (χ3v) is 4.86. The number of unbranched alkanes of at least 4 members (excludes halogenated alkanes) is 1. The number of esters is 2. The molecule has 0 atom stereocenters. The molecular weight excluding hydrogens is 419 g/mol. The molecule has 1 rings (SSSR count). The summed E-state index contributed by atoms with van der Waals surface area (Å²) >= 11 is 0. The van der Waals surface area contributed by atoms with Gasteiger partial charge in [-0.15, -0.1) is 0 Å². The van der Waals surface area contributed by atoms with Gasteiger partial charge in [-0.2, -0.15) is 17.2 Å². The van der Waals surface area contributed by atoms with Crippen LogP contribution in [0.2, 0.25) is 0 Å². The van der Waals surface area contributed by atoms with Crippen LogP contribution in [-0.4, -0.2) is 60.3 Å². The molecule has 0 heterocycles. The van der Waals surface area contributed by atoms with Crippen molar-refractivity contribution in [2.75, 3.05) is 6.61 Å². The number of halogens is 2. The lowest BCUT2D eigenvalue weighted by molar-refractivity contribution is -0.150. The van der Waals surface area contributed by atoms with Crippen LogP contribution in [-0.2, 0) is 43.4 Å². The van der Waals surface area contributed by atoms with E-state index in [0.717, 1.165) is 5.56 Å². The van der Waals surface area contributed by atoms with Crippen LogP contribution in [0.4, 0.5) is 8.78 Å². The van der Waals surface area contributed by atoms with Gasteiger partial charge in [-0.25, -0.2) is 0 Å². The van der Waals surface area contributed by atoms with Crippen molar-refractivity contribution in [3.05, 3.63) is 28.8 Å². The van der Waals surface area contributed by atoms with Crippen LogP contribution in [0.3, 0.4) is 0 Å². The minimum Gasteiger partial charge on any atom is -0.458 e. The molecule has 0 amide bonds. The highest BCUT2D eigenvalue weighted by Crippen LogP contribution is 2.27. The topological polar surface area (TPSA) is 107 Å². The van der Waals surface area contributed by atoms with Crippen molar-refractivity contribution in [3.8, 4) is 5.75 Å². The highest BCUT2D eigenvalue weighted by atomic mass is 32.2. The molecule has 0 fully saturated rings. The number of alkyl halides is 2. The Morgan fingerprint density at radius 3 is 1.90 bits per heavy atom. The van der Waals surface area contributed by atoms with Crippen molar-refractivity contribution >= 4 is 45.6 Å². The maximum atomic E-state index is 13.0. The third-order valence-electron chi connectivity index (χ3n) is 3.98. The molecule has 7 nitrogen and oxygen atoms in total. The average molecular weight is 438 g/mol. The number of rotatable bonds is 12. The van der Waals surface area contributed by atoms with Crippen LogP contribution in [0.15, 0.2) is 12.1 Å². The smallest absolute Gasteiger partial charge is 0.402 e. The summed E-state index contributed by atoms with van der Waals surface area (Å²) in [7, 11) is 11.3. The van der Waals surface area contributed by atoms with E-state index in [4.69, 9.17) is 32.8 Å². The normalized spacial score (nSPS) is 11.8. The Morgan fingerprint density at radius 1 is 0.967 bits per heavy atom. The van der Waals surface area contributed by atoms with Gasteiger partial charge in [0.2, 0.25) is 0 Å². The fourth-order valence-electron chi connectivity index (χ4n) is 2.39. The number of hydrogen-bond acceptors (Lipinski definition) is 6. The molecule has 0 saturated heterocycles. The van der Waals surface area contributed by atoms with Crippen LogP contribution in [0.25, 0.3) is 0 Å². The van der Waals surface area contributed by atoms with Gasteiger partial charge in [0.15, 0.2) is 6.61 Å². The van der Waals surface area contributed by atoms with Crippen molar-refractivity contribution < 1.29 is 40.8 Å². The summed E-state index contributed by atoms with van der Waals surface area (Å²) < 4.78 is 64.6. The number of hydrogen-bond donors (Lipinski definition) is 1. The first-order valence-electron chi connectivity index (χ1n) is 8.91. The zero-order chi connectivity index (χ0) is 22.9. The molecule has 0 spiro atoms. The molecule has 0 aliphatic rings. The quantitative estimate of drug-likeness (QED) is 0.172. The maximum Gasteiger partial charge on any atom is 0.402 e. The second kappa shape index (κ2) is 11.5. The van der Waals surface area contributed by atoms with Gasteiger partial charge < -0.3 is 9.47 Å². The van der Waals surface area contributed by atoms with Crippen LogP contribution in [0.1, 0.15) is 42.4 Å². The maximum absolute atomic E-state index is 13.0. The number of benzene rings is 1. The average Bonchev–Trinajstić information content (AvgIpc) is 2.68. The van der Waals surface area contributed by atoms with Gasteiger partial charge >= 0.3 is 27.3 Å². The highest BCUT2D eigenvalue weighted by molar-refractivity contribution is 7.86. The second-order valence-electron chi connectivity index (χ2n) is 6.31. The van der Waals surface area contributed by atoms with Crippen LogP contribution < -0.4 is 4.74 Å². The molecule has 0 saturated carbocycles. The Balaban J connectivity index is 2.51. The predicted molar refractivity (Wildman–Crippen MR) is 106 cm³/mol. The molecule has 30 heavy (non-hydrogen) atoms. The lowest BCUT2D eigenvalue weighted by Gasteiger charge is -2.15. The SMILES string of the molecule is [B]Cc1cc(C[B])c(OC(=O)CCCCC(=O)OCC(F)(F)S(=O)(=O)O)c(C[B])c1. The molecule has 0 aromatic heterocycles. The van der Waals surface area contributed by atoms with Gasteiger partial charge in [-0.1, -0.05) is 36.7 Å². The van der Waals surface area contributed by atoms with Crippen molar-refractivity contribution in [1.29, 1.82) is 0 Å². The van der Waals surface area contributed by atoms with Crippen molar-refractivity contribution in [2.45, 2.75) is 49.9 Å². The number of carbonyl (C=O) groups is 2. The Labute approximate surface area is 177 Å². The Bertz CT molecular complexity index is 838. The molecule has 6 radical (unpaired) electrons. The van der Waals surface area contributed by atoms with Crippen LogP contribution >= 0.6 is 0 Å². The van der Waals surface area contributed by atoms with Gasteiger partial charge in [0.25, 0.3) is 0 Å².